The number of rotatable bonds is 7. The highest BCUT2D eigenvalue weighted by atomic mass is 35.5. The Kier molecular flexibility index (Phi) is 10.4. The maximum Gasteiger partial charge on any atom is 0.314 e. The molecular weight excluding hydrogens is 517 g/mol. The molecule has 0 fully saturated rings. The van der Waals surface area contributed by atoms with Crippen molar-refractivity contribution >= 4 is 64.8 Å². The number of aromatic nitrogens is 2. The summed E-state index contributed by atoms with van der Waals surface area (Å²) in [6, 6.07) is 2.24. The highest BCUT2D eigenvalue weighted by molar-refractivity contribution is 7.13. The third-order valence-corrected chi connectivity index (χ3v) is 6.36. The maximum atomic E-state index is 12.8. The molecule has 0 unspecified atom stereocenters. The Hall–Kier alpha value is -2.80. The number of nitrogens with zero attached hydrogens (tertiary/aromatic N) is 4. The van der Waals surface area contributed by atoms with E-state index in [2.05, 4.69) is 30.8 Å². The van der Waals surface area contributed by atoms with Gasteiger partial charge in [-0.2, -0.15) is 0 Å². The monoisotopic (exact) mass is 543 g/mol. The SMILES string of the molecule is CN1CCc2nc(C(=O)N[C@@H](CNC(=O)C(=O)Nc3ccc(Cl)cn3)CC(=O)N(C)C)sc2C1.Cl. The Labute approximate surface area is 218 Å². The molecule has 0 radical (unpaired) electrons. The maximum absolute atomic E-state index is 12.8. The number of amides is 4. The van der Waals surface area contributed by atoms with E-state index in [1.54, 1.807) is 14.1 Å². The number of halogens is 2. The lowest BCUT2D eigenvalue weighted by molar-refractivity contribution is -0.136. The van der Waals surface area contributed by atoms with Gasteiger partial charge in [0, 0.05) is 57.6 Å². The molecule has 1 aliphatic rings. The molecule has 4 amide bonds. The molecule has 0 bridgehead atoms. The van der Waals surface area contributed by atoms with E-state index in [1.165, 1.54) is 34.6 Å². The minimum atomic E-state index is -0.935. The number of fused-ring (bicyclic) bond motifs is 1. The predicted octanol–water partition coefficient (Wildman–Crippen LogP) is 0.933. The van der Waals surface area contributed by atoms with Gasteiger partial charge in [0.05, 0.1) is 16.8 Å². The molecular formula is C21H27Cl2N7O4S. The van der Waals surface area contributed by atoms with Crippen LogP contribution in [0.4, 0.5) is 5.82 Å². The molecule has 3 heterocycles. The Morgan fingerprint density at radius 1 is 1.23 bits per heavy atom. The molecule has 2 aromatic heterocycles. The van der Waals surface area contributed by atoms with E-state index in [1.807, 2.05) is 7.05 Å². The number of hydrogen-bond donors (Lipinski definition) is 3. The summed E-state index contributed by atoms with van der Waals surface area (Å²) < 4.78 is 0. The topological polar surface area (TPSA) is 137 Å². The van der Waals surface area contributed by atoms with E-state index in [0.29, 0.717) is 10.0 Å². The molecule has 1 atom stereocenters. The van der Waals surface area contributed by atoms with Gasteiger partial charge in [-0.1, -0.05) is 11.6 Å². The van der Waals surface area contributed by atoms with E-state index >= 15 is 0 Å². The van der Waals surface area contributed by atoms with Gasteiger partial charge in [0.15, 0.2) is 5.01 Å². The molecule has 0 spiro atoms. The number of likely N-dealkylation sites (N-methyl/N-ethyl adjacent to an activating group) is 1. The second-order valence-corrected chi connectivity index (χ2v) is 9.59. The van der Waals surface area contributed by atoms with Crippen molar-refractivity contribution in [3.05, 3.63) is 38.9 Å². The fourth-order valence-corrected chi connectivity index (χ4v) is 4.36. The van der Waals surface area contributed by atoms with Gasteiger partial charge < -0.3 is 25.8 Å². The second-order valence-electron chi connectivity index (χ2n) is 8.07. The van der Waals surface area contributed by atoms with Crippen LogP contribution in [0.2, 0.25) is 5.02 Å². The molecule has 3 rings (SSSR count). The number of anilines is 1. The summed E-state index contributed by atoms with van der Waals surface area (Å²) in [7, 11) is 5.20. The molecule has 0 saturated carbocycles. The normalized spacial score (nSPS) is 13.6. The molecule has 0 saturated heterocycles. The van der Waals surface area contributed by atoms with Crippen LogP contribution in [0.1, 0.15) is 26.8 Å². The molecule has 190 valence electrons. The summed E-state index contributed by atoms with van der Waals surface area (Å²) in [6.45, 7) is 1.48. The first kappa shape index (κ1) is 28.4. The van der Waals surface area contributed by atoms with E-state index in [0.717, 1.165) is 30.1 Å². The van der Waals surface area contributed by atoms with Crippen LogP contribution in [0, 0.1) is 0 Å². The molecule has 11 nitrogen and oxygen atoms in total. The van der Waals surface area contributed by atoms with Gasteiger partial charge in [0.25, 0.3) is 5.91 Å². The highest BCUT2D eigenvalue weighted by Gasteiger charge is 2.25. The zero-order valence-electron chi connectivity index (χ0n) is 19.5. The summed E-state index contributed by atoms with van der Waals surface area (Å²) in [5.41, 5.74) is 0.912. The molecule has 0 aliphatic carbocycles. The Morgan fingerprint density at radius 2 is 1.97 bits per heavy atom. The zero-order chi connectivity index (χ0) is 24.8. The number of carbonyl (C=O) groups is 4. The first-order chi connectivity index (χ1) is 16.1. The summed E-state index contributed by atoms with van der Waals surface area (Å²) in [5, 5.41) is 8.27. The molecule has 3 N–H and O–H groups in total. The lowest BCUT2D eigenvalue weighted by atomic mass is 10.2. The van der Waals surface area contributed by atoms with Gasteiger partial charge in [-0.15, -0.1) is 23.7 Å². The summed E-state index contributed by atoms with van der Waals surface area (Å²) in [4.78, 5) is 62.4. The fourth-order valence-electron chi connectivity index (χ4n) is 3.15. The average molecular weight is 544 g/mol. The van der Waals surface area contributed by atoms with Crippen LogP contribution in [0.3, 0.4) is 0 Å². The third kappa shape index (κ3) is 8.13. The second kappa shape index (κ2) is 12.8. The van der Waals surface area contributed by atoms with Crippen LogP contribution in [0.5, 0.6) is 0 Å². The standard InChI is InChI=1S/C21H26ClN7O4S.ClH/c1-28(2)17(30)8-13(10-24-18(31)19(32)27-16-5-4-12(22)9-23-16)25-20(33)21-26-14-6-7-29(3)11-15(14)34-21;/h4-5,9,13H,6-8,10-11H2,1-3H3,(H,24,31)(H,25,33)(H,23,27,32);1H/t13-;/m1./s1. The largest absolute Gasteiger partial charge is 0.349 e. The van der Waals surface area contributed by atoms with Gasteiger partial charge in [-0.3, -0.25) is 19.2 Å². The van der Waals surface area contributed by atoms with Crippen molar-refractivity contribution in [1.29, 1.82) is 0 Å². The first-order valence-corrected chi connectivity index (χ1v) is 11.7. The van der Waals surface area contributed by atoms with Crippen LogP contribution < -0.4 is 16.0 Å². The molecule has 2 aromatic rings. The zero-order valence-corrected chi connectivity index (χ0v) is 21.9. The van der Waals surface area contributed by atoms with Crippen molar-refractivity contribution in [2.45, 2.75) is 25.4 Å². The van der Waals surface area contributed by atoms with Crippen molar-refractivity contribution < 1.29 is 19.2 Å². The van der Waals surface area contributed by atoms with Crippen molar-refractivity contribution in [3.63, 3.8) is 0 Å². The van der Waals surface area contributed by atoms with E-state index in [-0.39, 0.29) is 37.1 Å². The van der Waals surface area contributed by atoms with Crippen LogP contribution in [0.15, 0.2) is 18.3 Å². The van der Waals surface area contributed by atoms with E-state index in [4.69, 9.17) is 11.6 Å². The van der Waals surface area contributed by atoms with E-state index < -0.39 is 23.8 Å². The van der Waals surface area contributed by atoms with Crippen LogP contribution in [-0.2, 0) is 27.3 Å². The Bertz CT molecular complexity index is 1080. The van der Waals surface area contributed by atoms with Crippen LogP contribution in [-0.4, -0.2) is 83.7 Å². The minimum Gasteiger partial charge on any atom is -0.349 e. The van der Waals surface area contributed by atoms with Gasteiger partial charge in [0.1, 0.15) is 5.82 Å². The summed E-state index contributed by atoms with van der Waals surface area (Å²) >= 11 is 7.07. The Morgan fingerprint density at radius 3 is 2.63 bits per heavy atom. The number of carbonyl (C=O) groups excluding carboxylic acids is 4. The smallest absolute Gasteiger partial charge is 0.314 e. The number of pyridine rings is 1. The van der Waals surface area contributed by atoms with Crippen LogP contribution in [0.25, 0.3) is 0 Å². The Balaban J connectivity index is 0.00000432. The molecule has 14 heteroatoms. The number of nitrogens with one attached hydrogen (secondary N) is 3. The van der Waals surface area contributed by atoms with E-state index in [9.17, 15) is 19.2 Å². The molecule has 1 aliphatic heterocycles. The summed E-state index contributed by atoms with van der Waals surface area (Å²) in [5.74, 6) is -2.37. The van der Waals surface area contributed by atoms with Crippen molar-refractivity contribution in [2.75, 3.05) is 39.5 Å². The van der Waals surface area contributed by atoms with Gasteiger partial charge in [0.2, 0.25) is 5.91 Å². The van der Waals surface area contributed by atoms with Crippen molar-refractivity contribution in [3.8, 4) is 0 Å². The van der Waals surface area contributed by atoms with Gasteiger partial charge in [-0.05, 0) is 19.2 Å². The fraction of sp³-hybridized carbons (Fsp3) is 0.429. The quantitative estimate of drug-likeness (QED) is 0.442. The number of thiazole rings is 1. The lowest BCUT2D eigenvalue weighted by Gasteiger charge is -2.20. The lowest BCUT2D eigenvalue weighted by Crippen LogP contribution is -2.48. The van der Waals surface area contributed by atoms with Crippen molar-refractivity contribution in [1.82, 2.24) is 30.4 Å². The molecule has 35 heavy (non-hydrogen) atoms. The highest BCUT2D eigenvalue weighted by Crippen LogP contribution is 2.24. The molecule has 0 aromatic carbocycles. The first-order valence-electron chi connectivity index (χ1n) is 10.5. The van der Waals surface area contributed by atoms with Gasteiger partial charge in [-0.25, -0.2) is 9.97 Å². The predicted molar refractivity (Wildman–Crippen MR) is 135 cm³/mol. The van der Waals surface area contributed by atoms with Gasteiger partial charge >= 0.3 is 11.8 Å². The summed E-state index contributed by atoms with van der Waals surface area (Å²) in [6.07, 6.45) is 2.04. The van der Waals surface area contributed by atoms with Crippen LogP contribution >= 0.6 is 35.3 Å². The number of hydrogen-bond acceptors (Lipinski definition) is 8. The minimum absolute atomic E-state index is 0. The van der Waals surface area contributed by atoms with Crippen molar-refractivity contribution in [2.24, 2.45) is 0 Å². The average Bonchev–Trinajstić information content (AvgIpc) is 3.22. The third-order valence-electron chi connectivity index (χ3n) is 5.06.